The smallest absolute Gasteiger partial charge is 0.119 e. The molecule has 1 nitrogen and oxygen atoms in total. The highest BCUT2D eigenvalue weighted by Gasteiger charge is 2.01. The monoisotopic (exact) mass is 218 g/mol. The van der Waals surface area contributed by atoms with E-state index in [4.69, 9.17) is 4.74 Å². The molecule has 0 heterocycles. The van der Waals surface area contributed by atoms with Crippen LogP contribution in [0.2, 0.25) is 0 Å². The second kappa shape index (κ2) is 4.15. The molecule has 78 valence electrons. The zero-order valence-corrected chi connectivity index (χ0v) is 9.79. The third-order valence-corrected chi connectivity index (χ3v) is 2.85. The van der Waals surface area contributed by atoms with Crippen molar-refractivity contribution in [1.29, 1.82) is 0 Å². The molecular weight excluding hydrogens is 204 g/mol. The summed E-state index contributed by atoms with van der Waals surface area (Å²) < 4.78 is 5.18. The van der Waals surface area contributed by atoms with Crippen LogP contribution in [0.4, 0.5) is 0 Å². The molecule has 0 aromatic heterocycles. The largest absolute Gasteiger partial charge is 0.497 e. The average Bonchev–Trinajstić information content (AvgIpc) is 2.27. The number of methoxy groups -OCH3 is 1. The van der Waals surface area contributed by atoms with Crippen LogP contribution >= 0.6 is 12.6 Å². The van der Waals surface area contributed by atoms with Crippen LogP contribution in [-0.4, -0.2) is 7.11 Å². The maximum Gasteiger partial charge on any atom is 0.119 e. The van der Waals surface area contributed by atoms with Crippen LogP contribution in [0, 0.1) is 0 Å². The van der Waals surface area contributed by atoms with E-state index in [0.717, 1.165) is 5.75 Å². The van der Waals surface area contributed by atoms with Crippen LogP contribution < -0.4 is 4.74 Å². The van der Waals surface area contributed by atoms with Crippen molar-refractivity contribution in [2.45, 2.75) is 12.2 Å². The van der Waals surface area contributed by atoms with Crippen molar-refractivity contribution in [3.05, 3.63) is 42.0 Å². The second-order valence-corrected chi connectivity index (χ2v) is 4.42. The van der Waals surface area contributed by atoms with E-state index in [0.29, 0.717) is 0 Å². The van der Waals surface area contributed by atoms with Gasteiger partial charge in [-0.2, -0.15) is 12.6 Å². The van der Waals surface area contributed by atoms with Crippen LogP contribution in [-0.2, 0) is 0 Å². The van der Waals surface area contributed by atoms with Crippen molar-refractivity contribution in [2.75, 3.05) is 7.11 Å². The van der Waals surface area contributed by atoms with Gasteiger partial charge in [-0.3, -0.25) is 0 Å². The Bertz CT molecular complexity index is 477. The van der Waals surface area contributed by atoms with Crippen molar-refractivity contribution in [1.82, 2.24) is 0 Å². The third kappa shape index (κ3) is 2.10. The highest BCUT2D eigenvalue weighted by Crippen LogP contribution is 2.26. The zero-order valence-electron chi connectivity index (χ0n) is 8.90. The first-order valence-corrected chi connectivity index (χ1v) is 5.48. The lowest BCUT2D eigenvalue weighted by molar-refractivity contribution is 0.415. The van der Waals surface area contributed by atoms with Crippen molar-refractivity contribution < 1.29 is 4.74 Å². The Hall–Kier alpha value is -1.15. The van der Waals surface area contributed by atoms with Gasteiger partial charge in [-0.25, -0.2) is 0 Å². The van der Waals surface area contributed by atoms with Crippen LogP contribution in [0.25, 0.3) is 10.8 Å². The first-order valence-electron chi connectivity index (χ1n) is 4.96. The lowest BCUT2D eigenvalue weighted by Crippen LogP contribution is -1.86. The molecule has 1 atom stereocenters. The Morgan fingerprint density at radius 1 is 1.07 bits per heavy atom. The Balaban J connectivity index is 2.55. The molecule has 0 saturated heterocycles. The van der Waals surface area contributed by atoms with E-state index in [1.165, 1.54) is 16.3 Å². The van der Waals surface area contributed by atoms with E-state index in [2.05, 4.69) is 43.8 Å². The van der Waals surface area contributed by atoms with Gasteiger partial charge in [-0.15, -0.1) is 0 Å². The third-order valence-electron chi connectivity index (χ3n) is 2.55. The number of fused-ring (bicyclic) bond motifs is 1. The maximum atomic E-state index is 5.18. The van der Waals surface area contributed by atoms with Crippen molar-refractivity contribution in [3.63, 3.8) is 0 Å². The van der Waals surface area contributed by atoms with Crippen LogP contribution in [0.1, 0.15) is 17.7 Å². The fraction of sp³-hybridized carbons (Fsp3) is 0.231. The first-order chi connectivity index (χ1) is 7.20. The Morgan fingerprint density at radius 3 is 2.40 bits per heavy atom. The molecule has 2 heteroatoms. The van der Waals surface area contributed by atoms with Gasteiger partial charge >= 0.3 is 0 Å². The number of hydrogen-bond acceptors (Lipinski definition) is 2. The standard InChI is InChI=1S/C13H14OS/c1-9(15)10-3-4-12-8-13(14-2)6-5-11(12)7-10/h3-9,15H,1-2H3. The minimum absolute atomic E-state index is 0.275. The highest BCUT2D eigenvalue weighted by atomic mass is 32.1. The molecule has 0 N–H and O–H groups in total. The molecule has 0 aliphatic rings. The van der Waals surface area contributed by atoms with Crippen molar-refractivity contribution in [3.8, 4) is 5.75 Å². The molecule has 0 bridgehead atoms. The summed E-state index contributed by atoms with van der Waals surface area (Å²) in [7, 11) is 1.69. The summed E-state index contributed by atoms with van der Waals surface area (Å²) in [6, 6.07) is 12.5. The van der Waals surface area contributed by atoms with Gasteiger partial charge in [0.2, 0.25) is 0 Å². The lowest BCUT2D eigenvalue weighted by Gasteiger charge is -2.07. The average molecular weight is 218 g/mol. The summed E-state index contributed by atoms with van der Waals surface area (Å²) in [5.74, 6) is 0.897. The van der Waals surface area contributed by atoms with E-state index in [-0.39, 0.29) is 5.25 Å². The molecule has 0 fully saturated rings. The SMILES string of the molecule is COc1ccc2cc(C(C)S)ccc2c1. The summed E-state index contributed by atoms with van der Waals surface area (Å²) in [6.07, 6.45) is 0. The van der Waals surface area contributed by atoms with E-state index in [1.54, 1.807) is 7.11 Å². The molecule has 0 saturated carbocycles. The Morgan fingerprint density at radius 2 is 1.73 bits per heavy atom. The lowest BCUT2D eigenvalue weighted by atomic mass is 10.1. The summed E-state index contributed by atoms with van der Waals surface area (Å²) in [5.41, 5.74) is 1.25. The Labute approximate surface area is 95.5 Å². The van der Waals surface area contributed by atoms with Gasteiger partial charge in [-0.05, 0) is 35.4 Å². The molecule has 15 heavy (non-hydrogen) atoms. The van der Waals surface area contributed by atoms with Crippen molar-refractivity contribution in [2.24, 2.45) is 0 Å². The molecule has 0 amide bonds. The van der Waals surface area contributed by atoms with E-state index in [1.807, 2.05) is 12.1 Å². The molecule has 0 radical (unpaired) electrons. The number of rotatable bonds is 2. The summed E-state index contributed by atoms with van der Waals surface area (Å²) >= 11 is 4.43. The summed E-state index contributed by atoms with van der Waals surface area (Å²) in [4.78, 5) is 0. The minimum Gasteiger partial charge on any atom is -0.497 e. The molecule has 2 rings (SSSR count). The molecule has 1 unspecified atom stereocenters. The van der Waals surface area contributed by atoms with E-state index in [9.17, 15) is 0 Å². The van der Waals surface area contributed by atoms with Crippen LogP contribution in [0.3, 0.4) is 0 Å². The van der Waals surface area contributed by atoms with Gasteiger partial charge in [0, 0.05) is 5.25 Å². The van der Waals surface area contributed by atoms with Gasteiger partial charge in [0.05, 0.1) is 7.11 Å². The van der Waals surface area contributed by atoms with E-state index < -0.39 is 0 Å². The first kappa shape index (κ1) is 10.4. The highest BCUT2D eigenvalue weighted by molar-refractivity contribution is 7.80. The Kier molecular flexibility index (Phi) is 2.87. The predicted molar refractivity (Wildman–Crippen MR) is 67.9 cm³/mol. The zero-order chi connectivity index (χ0) is 10.8. The van der Waals surface area contributed by atoms with E-state index >= 15 is 0 Å². The number of benzene rings is 2. The fourth-order valence-corrected chi connectivity index (χ4v) is 1.79. The molecule has 2 aromatic carbocycles. The molecule has 2 aromatic rings. The maximum absolute atomic E-state index is 5.18. The van der Waals surface area contributed by atoms with Crippen molar-refractivity contribution >= 4 is 23.4 Å². The molecular formula is C13H14OS. The molecule has 0 spiro atoms. The summed E-state index contributed by atoms with van der Waals surface area (Å²) in [6.45, 7) is 2.08. The van der Waals surface area contributed by atoms with Crippen LogP contribution in [0.15, 0.2) is 36.4 Å². The van der Waals surface area contributed by atoms with Gasteiger partial charge in [0.1, 0.15) is 5.75 Å². The van der Waals surface area contributed by atoms with Gasteiger partial charge in [0.25, 0.3) is 0 Å². The van der Waals surface area contributed by atoms with Gasteiger partial charge in [-0.1, -0.05) is 24.3 Å². The number of hydrogen-bond donors (Lipinski definition) is 1. The number of thiol groups is 1. The topological polar surface area (TPSA) is 9.23 Å². The minimum atomic E-state index is 0.275. The van der Waals surface area contributed by atoms with Gasteiger partial charge < -0.3 is 4.74 Å². The second-order valence-electron chi connectivity index (χ2n) is 3.65. The normalized spacial score (nSPS) is 12.7. The molecule has 0 aliphatic carbocycles. The van der Waals surface area contributed by atoms with Gasteiger partial charge in [0.15, 0.2) is 0 Å². The quantitative estimate of drug-likeness (QED) is 0.753. The summed E-state index contributed by atoms with van der Waals surface area (Å²) in [5, 5.41) is 2.71. The fourth-order valence-electron chi connectivity index (χ4n) is 1.63. The molecule has 0 aliphatic heterocycles. The van der Waals surface area contributed by atoms with Crippen LogP contribution in [0.5, 0.6) is 5.75 Å². The number of ether oxygens (including phenoxy) is 1. The predicted octanol–water partition coefficient (Wildman–Crippen LogP) is 3.84.